The summed E-state index contributed by atoms with van der Waals surface area (Å²) in [5.74, 6) is -0.135. The van der Waals surface area contributed by atoms with E-state index < -0.39 is 11.7 Å². The first-order valence-corrected chi connectivity index (χ1v) is 9.49. The molecule has 0 saturated carbocycles. The normalized spacial score (nSPS) is 15.1. The summed E-state index contributed by atoms with van der Waals surface area (Å²) in [6, 6.07) is 8.77. The minimum atomic E-state index is -4.37. The maximum Gasteiger partial charge on any atom is 0.416 e. The van der Waals surface area contributed by atoms with Gasteiger partial charge < -0.3 is 9.80 Å². The Morgan fingerprint density at radius 2 is 1.74 bits per heavy atom. The fourth-order valence-corrected chi connectivity index (χ4v) is 3.73. The third kappa shape index (κ3) is 4.88. The van der Waals surface area contributed by atoms with Crippen LogP contribution < -0.4 is 4.90 Å². The number of carbonyl (C=O) groups is 2. The van der Waals surface area contributed by atoms with Crippen LogP contribution >= 0.6 is 11.3 Å². The van der Waals surface area contributed by atoms with Gasteiger partial charge in [0.2, 0.25) is 5.91 Å². The molecule has 1 saturated heterocycles. The summed E-state index contributed by atoms with van der Waals surface area (Å²) in [6.07, 6.45) is -4.05. The van der Waals surface area contributed by atoms with E-state index >= 15 is 0 Å². The first kappa shape index (κ1) is 19.4. The van der Waals surface area contributed by atoms with E-state index in [1.165, 1.54) is 17.4 Å². The van der Waals surface area contributed by atoms with E-state index in [4.69, 9.17) is 0 Å². The Hall–Kier alpha value is -2.35. The number of benzene rings is 1. The van der Waals surface area contributed by atoms with Gasteiger partial charge in [-0.15, -0.1) is 11.3 Å². The van der Waals surface area contributed by atoms with Crippen molar-refractivity contribution in [3.05, 3.63) is 52.2 Å². The van der Waals surface area contributed by atoms with Crippen molar-refractivity contribution in [2.45, 2.75) is 19.0 Å². The molecule has 0 bridgehead atoms. The Morgan fingerprint density at radius 3 is 2.37 bits per heavy atom. The largest absolute Gasteiger partial charge is 0.416 e. The molecule has 1 fully saturated rings. The molecule has 1 aromatic heterocycles. The van der Waals surface area contributed by atoms with Crippen molar-refractivity contribution >= 4 is 28.7 Å². The van der Waals surface area contributed by atoms with Gasteiger partial charge in [-0.05, 0) is 29.6 Å². The van der Waals surface area contributed by atoms with Gasteiger partial charge in [0.05, 0.1) is 10.4 Å². The number of Topliss-reactive ketones (excluding diaryl/α,β-unsaturated/α-hetero) is 1. The van der Waals surface area contributed by atoms with Gasteiger partial charge in [0, 0.05) is 44.7 Å². The highest BCUT2D eigenvalue weighted by Gasteiger charge is 2.31. The number of alkyl halides is 3. The molecule has 3 rings (SSSR count). The molecule has 2 aromatic rings. The van der Waals surface area contributed by atoms with Crippen molar-refractivity contribution in [1.29, 1.82) is 0 Å². The fourth-order valence-electron chi connectivity index (χ4n) is 3.03. The number of amides is 1. The zero-order valence-electron chi connectivity index (χ0n) is 14.5. The number of rotatable bonds is 5. The number of hydrogen-bond donors (Lipinski definition) is 0. The molecule has 0 spiro atoms. The molecule has 1 aliphatic rings. The average Bonchev–Trinajstić information content (AvgIpc) is 3.20. The second-order valence-electron chi connectivity index (χ2n) is 6.32. The molecule has 0 aliphatic carbocycles. The summed E-state index contributed by atoms with van der Waals surface area (Å²) in [7, 11) is 0. The molecule has 0 radical (unpaired) electrons. The number of ketones is 1. The summed E-state index contributed by atoms with van der Waals surface area (Å²) in [4.78, 5) is 28.5. The van der Waals surface area contributed by atoms with Gasteiger partial charge in [-0.3, -0.25) is 9.59 Å². The molecular formula is C19H19F3N2O2S. The molecule has 0 atom stereocenters. The SMILES string of the molecule is O=C(CCC(=O)N1CCN(c2cccc(C(F)(F)F)c2)CC1)c1cccs1. The highest BCUT2D eigenvalue weighted by molar-refractivity contribution is 7.12. The second kappa shape index (κ2) is 8.12. The van der Waals surface area contributed by atoms with E-state index in [1.54, 1.807) is 23.1 Å². The van der Waals surface area contributed by atoms with Crippen molar-refractivity contribution in [2.75, 3.05) is 31.1 Å². The van der Waals surface area contributed by atoms with E-state index in [-0.39, 0.29) is 24.5 Å². The Balaban J connectivity index is 1.51. The molecule has 4 nitrogen and oxygen atoms in total. The minimum Gasteiger partial charge on any atom is -0.368 e. The number of anilines is 1. The van der Waals surface area contributed by atoms with Crippen molar-refractivity contribution in [3.8, 4) is 0 Å². The average molecular weight is 396 g/mol. The van der Waals surface area contributed by atoms with Gasteiger partial charge in [-0.1, -0.05) is 12.1 Å². The van der Waals surface area contributed by atoms with Gasteiger partial charge in [0.25, 0.3) is 0 Å². The first-order valence-electron chi connectivity index (χ1n) is 8.61. The summed E-state index contributed by atoms with van der Waals surface area (Å²) in [5, 5.41) is 1.82. The van der Waals surface area contributed by atoms with Crippen LogP contribution in [0, 0.1) is 0 Å². The van der Waals surface area contributed by atoms with Gasteiger partial charge in [-0.25, -0.2) is 0 Å². The predicted octanol–water partition coefficient (Wildman–Crippen LogP) is 4.08. The van der Waals surface area contributed by atoms with E-state index in [1.807, 2.05) is 10.3 Å². The van der Waals surface area contributed by atoms with E-state index in [2.05, 4.69) is 0 Å². The Morgan fingerprint density at radius 1 is 1.00 bits per heavy atom. The monoisotopic (exact) mass is 396 g/mol. The molecule has 0 N–H and O–H groups in total. The lowest BCUT2D eigenvalue weighted by Crippen LogP contribution is -2.48. The predicted molar refractivity (Wildman–Crippen MR) is 98.1 cm³/mol. The van der Waals surface area contributed by atoms with Crippen LogP contribution in [0.2, 0.25) is 0 Å². The lowest BCUT2D eigenvalue weighted by atomic mass is 10.1. The van der Waals surface area contributed by atoms with Crippen molar-refractivity contribution in [3.63, 3.8) is 0 Å². The third-order valence-corrected chi connectivity index (χ3v) is 5.44. The first-order chi connectivity index (χ1) is 12.8. The van der Waals surface area contributed by atoms with Crippen LogP contribution in [0.3, 0.4) is 0 Å². The van der Waals surface area contributed by atoms with Gasteiger partial charge in [0.15, 0.2) is 5.78 Å². The number of nitrogens with zero attached hydrogens (tertiary/aromatic N) is 2. The van der Waals surface area contributed by atoms with Crippen LogP contribution in [-0.2, 0) is 11.0 Å². The van der Waals surface area contributed by atoms with Crippen LogP contribution in [0.25, 0.3) is 0 Å². The summed E-state index contributed by atoms with van der Waals surface area (Å²) < 4.78 is 38.6. The zero-order chi connectivity index (χ0) is 19.4. The highest BCUT2D eigenvalue weighted by Crippen LogP contribution is 2.31. The third-order valence-electron chi connectivity index (χ3n) is 4.53. The molecule has 27 heavy (non-hydrogen) atoms. The summed E-state index contributed by atoms with van der Waals surface area (Å²) in [5.41, 5.74) is -0.171. The Labute approximate surface area is 159 Å². The highest BCUT2D eigenvalue weighted by atomic mass is 32.1. The van der Waals surface area contributed by atoms with E-state index in [9.17, 15) is 22.8 Å². The van der Waals surface area contributed by atoms with Gasteiger partial charge >= 0.3 is 6.18 Å². The van der Waals surface area contributed by atoms with Crippen LogP contribution in [0.5, 0.6) is 0 Å². The maximum absolute atomic E-state index is 12.9. The molecule has 144 valence electrons. The number of carbonyl (C=O) groups excluding carboxylic acids is 2. The van der Waals surface area contributed by atoms with Gasteiger partial charge in [-0.2, -0.15) is 13.2 Å². The van der Waals surface area contributed by atoms with Crippen molar-refractivity contribution < 1.29 is 22.8 Å². The molecule has 1 aromatic carbocycles. The zero-order valence-corrected chi connectivity index (χ0v) is 15.4. The van der Waals surface area contributed by atoms with E-state index in [0.29, 0.717) is 36.7 Å². The molecule has 8 heteroatoms. The topological polar surface area (TPSA) is 40.6 Å². The van der Waals surface area contributed by atoms with Crippen molar-refractivity contribution in [1.82, 2.24) is 4.90 Å². The van der Waals surface area contributed by atoms with Crippen LogP contribution in [-0.4, -0.2) is 42.8 Å². The number of halogens is 3. The van der Waals surface area contributed by atoms with Crippen LogP contribution in [0.1, 0.15) is 28.1 Å². The Kier molecular flexibility index (Phi) is 5.84. The van der Waals surface area contributed by atoms with Crippen LogP contribution in [0.15, 0.2) is 41.8 Å². The lowest BCUT2D eigenvalue weighted by Gasteiger charge is -2.36. The fraction of sp³-hybridized carbons (Fsp3) is 0.368. The Bertz CT molecular complexity index is 798. The summed E-state index contributed by atoms with van der Waals surface area (Å²) in [6.45, 7) is 1.79. The molecular weight excluding hydrogens is 377 g/mol. The van der Waals surface area contributed by atoms with Crippen molar-refractivity contribution in [2.24, 2.45) is 0 Å². The van der Waals surface area contributed by atoms with E-state index in [0.717, 1.165) is 12.1 Å². The van der Waals surface area contributed by atoms with Crippen LogP contribution in [0.4, 0.5) is 18.9 Å². The molecule has 1 aliphatic heterocycles. The molecule has 0 unspecified atom stereocenters. The quantitative estimate of drug-likeness (QED) is 0.715. The number of piperazine rings is 1. The second-order valence-corrected chi connectivity index (χ2v) is 7.26. The standard InChI is InChI=1S/C19H19F3N2O2S/c20-19(21,22)14-3-1-4-15(13-14)23-8-10-24(11-9-23)18(26)7-6-16(25)17-5-2-12-27-17/h1-5,12-13H,6-11H2. The molecule has 2 heterocycles. The summed E-state index contributed by atoms with van der Waals surface area (Å²) >= 11 is 1.36. The number of thiophene rings is 1. The maximum atomic E-state index is 12.9. The smallest absolute Gasteiger partial charge is 0.368 e. The molecule has 1 amide bonds. The lowest BCUT2D eigenvalue weighted by molar-refractivity contribution is -0.137. The number of hydrogen-bond acceptors (Lipinski definition) is 4. The minimum absolute atomic E-state index is 0.0408. The van der Waals surface area contributed by atoms with Gasteiger partial charge in [0.1, 0.15) is 0 Å².